The van der Waals surface area contributed by atoms with Crippen LogP contribution in [-0.4, -0.2) is 10.9 Å². The Morgan fingerprint density at radius 3 is 2.50 bits per heavy atom. The molecule has 5 rings (SSSR count). The first-order valence-electron chi connectivity index (χ1n) is 10.3. The molecule has 3 aromatic heterocycles. The topological polar surface area (TPSA) is 85.3 Å². The van der Waals surface area contributed by atoms with E-state index in [1.165, 1.54) is 0 Å². The number of carbonyl (C=O) groups excluding carboxylic acids is 1. The summed E-state index contributed by atoms with van der Waals surface area (Å²) in [5.74, 6) is 0.482. The van der Waals surface area contributed by atoms with Crippen molar-refractivity contribution >= 4 is 33.5 Å². The molecule has 0 bridgehead atoms. The van der Waals surface area contributed by atoms with Crippen molar-refractivity contribution in [3.05, 3.63) is 94.3 Å². The molecule has 0 saturated carbocycles. The summed E-state index contributed by atoms with van der Waals surface area (Å²) in [6, 6.07) is 17.2. The van der Waals surface area contributed by atoms with Gasteiger partial charge in [-0.2, -0.15) is 0 Å². The molecule has 6 heteroatoms. The van der Waals surface area contributed by atoms with Crippen molar-refractivity contribution in [2.45, 2.75) is 20.3 Å². The zero-order chi connectivity index (χ0) is 22.2. The molecule has 6 nitrogen and oxygen atoms in total. The normalized spacial score (nSPS) is 11.2. The van der Waals surface area contributed by atoms with E-state index in [1.807, 2.05) is 50.2 Å². The maximum Gasteiger partial charge on any atom is 0.340 e. The van der Waals surface area contributed by atoms with Crippen LogP contribution in [0.2, 0.25) is 0 Å². The molecule has 0 atom stereocenters. The van der Waals surface area contributed by atoms with Crippen molar-refractivity contribution in [3.63, 3.8) is 0 Å². The van der Waals surface area contributed by atoms with Crippen LogP contribution in [0.25, 0.3) is 33.1 Å². The van der Waals surface area contributed by atoms with E-state index in [9.17, 15) is 9.59 Å². The first kappa shape index (κ1) is 19.8. The summed E-state index contributed by atoms with van der Waals surface area (Å²) in [5, 5.41) is 4.47. The third-order valence-electron chi connectivity index (χ3n) is 5.62. The first-order valence-corrected chi connectivity index (χ1v) is 10.3. The predicted molar refractivity (Wildman–Crippen MR) is 124 cm³/mol. The minimum Gasteiger partial charge on any atom is -0.461 e. The van der Waals surface area contributed by atoms with Crippen LogP contribution in [0.15, 0.2) is 80.6 Å². The van der Waals surface area contributed by atoms with Crippen LogP contribution in [-0.2, 0) is 11.2 Å². The van der Waals surface area contributed by atoms with Crippen LogP contribution >= 0.6 is 0 Å². The van der Waals surface area contributed by atoms with Gasteiger partial charge in [-0.15, -0.1) is 0 Å². The monoisotopic (exact) mass is 424 g/mol. The fourth-order valence-electron chi connectivity index (χ4n) is 4.07. The molecule has 0 unspecified atom stereocenters. The van der Waals surface area contributed by atoms with Gasteiger partial charge in [-0.05, 0) is 43.2 Å². The summed E-state index contributed by atoms with van der Waals surface area (Å²) in [6.07, 6.45) is 3.09. The lowest BCUT2D eigenvalue weighted by molar-refractivity contribution is -0.115. The van der Waals surface area contributed by atoms with Gasteiger partial charge < -0.3 is 14.2 Å². The number of carbonyl (C=O) groups is 1. The van der Waals surface area contributed by atoms with E-state index in [-0.39, 0.29) is 12.3 Å². The molecule has 0 aliphatic rings. The smallest absolute Gasteiger partial charge is 0.340 e. The summed E-state index contributed by atoms with van der Waals surface area (Å²) in [4.78, 5) is 29.2. The Bertz CT molecular complexity index is 1520. The van der Waals surface area contributed by atoms with E-state index < -0.39 is 5.63 Å². The third kappa shape index (κ3) is 3.46. The van der Waals surface area contributed by atoms with E-state index in [1.54, 1.807) is 30.6 Å². The number of anilines is 1. The van der Waals surface area contributed by atoms with Gasteiger partial charge in [0.25, 0.3) is 0 Å². The number of hydrogen-bond donors (Lipinski definition) is 1. The highest BCUT2D eigenvalue weighted by Crippen LogP contribution is 2.37. The van der Waals surface area contributed by atoms with E-state index in [0.29, 0.717) is 22.4 Å². The van der Waals surface area contributed by atoms with Crippen molar-refractivity contribution in [3.8, 4) is 11.1 Å². The van der Waals surface area contributed by atoms with Crippen LogP contribution in [0.1, 0.15) is 16.9 Å². The number of aryl methyl sites for hydroxylation is 2. The van der Waals surface area contributed by atoms with Crippen LogP contribution in [0, 0.1) is 13.8 Å². The van der Waals surface area contributed by atoms with Crippen LogP contribution in [0.4, 0.5) is 5.69 Å². The fraction of sp³-hybridized carbons (Fsp3) is 0.115. The lowest BCUT2D eigenvalue weighted by Gasteiger charge is -2.09. The highest BCUT2D eigenvalue weighted by atomic mass is 16.4. The molecule has 2 aromatic carbocycles. The largest absolute Gasteiger partial charge is 0.461 e. The highest BCUT2D eigenvalue weighted by Gasteiger charge is 2.19. The molecule has 158 valence electrons. The molecule has 1 N–H and O–H groups in total. The average Bonchev–Trinajstić information content (AvgIpc) is 3.11. The van der Waals surface area contributed by atoms with Gasteiger partial charge in [0.1, 0.15) is 16.9 Å². The summed E-state index contributed by atoms with van der Waals surface area (Å²) < 4.78 is 11.6. The maximum absolute atomic E-state index is 12.7. The minimum atomic E-state index is -0.526. The number of fused-ring (bicyclic) bond motifs is 2. The molecular formula is C26H20N2O4. The molecule has 0 aliphatic carbocycles. The summed E-state index contributed by atoms with van der Waals surface area (Å²) >= 11 is 0. The summed E-state index contributed by atoms with van der Waals surface area (Å²) in [6.45, 7) is 3.76. The first-order chi connectivity index (χ1) is 15.5. The van der Waals surface area contributed by atoms with Crippen LogP contribution < -0.4 is 10.9 Å². The number of furan rings is 1. The predicted octanol–water partition coefficient (Wildman–Crippen LogP) is 5.40. The molecule has 0 saturated heterocycles. The second-order valence-corrected chi connectivity index (χ2v) is 7.70. The van der Waals surface area contributed by atoms with Gasteiger partial charge in [0.05, 0.1) is 23.9 Å². The van der Waals surface area contributed by atoms with E-state index >= 15 is 0 Å². The Balaban J connectivity index is 1.60. The average molecular weight is 424 g/mol. The second kappa shape index (κ2) is 7.81. The Kier molecular flexibility index (Phi) is 4.82. The zero-order valence-corrected chi connectivity index (χ0v) is 17.6. The molecule has 0 spiro atoms. The highest BCUT2D eigenvalue weighted by molar-refractivity contribution is 6.03. The lowest BCUT2D eigenvalue weighted by atomic mass is 9.98. The number of amides is 1. The molecule has 0 fully saturated rings. The Morgan fingerprint density at radius 2 is 1.75 bits per heavy atom. The van der Waals surface area contributed by atoms with Crippen molar-refractivity contribution < 1.29 is 13.6 Å². The molecule has 3 heterocycles. The quantitative estimate of drug-likeness (QED) is 0.391. The van der Waals surface area contributed by atoms with Crippen LogP contribution in [0.5, 0.6) is 0 Å². The molecule has 5 aromatic rings. The van der Waals surface area contributed by atoms with Gasteiger partial charge in [0.15, 0.2) is 0 Å². The lowest BCUT2D eigenvalue weighted by Crippen LogP contribution is -2.20. The van der Waals surface area contributed by atoms with Gasteiger partial charge >= 0.3 is 5.63 Å². The molecule has 1 amide bonds. The number of benzene rings is 2. The van der Waals surface area contributed by atoms with Crippen molar-refractivity contribution in [2.75, 3.05) is 5.32 Å². The van der Waals surface area contributed by atoms with Gasteiger partial charge in [0.2, 0.25) is 5.91 Å². The number of rotatable bonds is 4. The maximum atomic E-state index is 12.7. The number of nitrogens with zero attached hydrogens (tertiary/aromatic N) is 1. The van der Waals surface area contributed by atoms with E-state index in [0.717, 1.165) is 33.2 Å². The van der Waals surface area contributed by atoms with E-state index in [4.69, 9.17) is 8.83 Å². The molecular weight excluding hydrogens is 404 g/mol. The summed E-state index contributed by atoms with van der Waals surface area (Å²) in [7, 11) is 0. The van der Waals surface area contributed by atoms with Crippen molar-refractivity contribution in [2.24, 2.45) is 0 Å². The molecule has 32 heavy (non-hydrogen) atoms. The Labute approximate surface area is 183 Å². The molecule has 0 radical (unpaired) electrons. The van der Waals surface area contributed by atoms with Gasteiger partial charge in [-0.3, -0.25) is 9.78 Å². The van der Waals surface area contributed by atoms with Gasteiger partial charge in [-0.25, -0.2) is 4.79 Å². The second-order valence-electron chi connectivity index (χ2n) is 7.70. The van der Waals surface area contributed by atoms with Gasteiger partial charge in [-0.1, -0.05) is 30.3 Å². The minimum absolute atomic E-state index is 0.0903. The fourth-order valence-corrected chi connectivity index (χ4v) is 4.07. The summed E-state index contributed by atoms with van der Waals surface area (Å²) in [5.41, 5.74) is 4.24. The Hall–Kier alpha value is -4.19. The number of aromatic nitrogens is 1. The van der Waals surface area contributed by atoms with Gasteiger partial charge in [0, 0.05) is 28.6 Å². The standard InChI is InChI=1S/C26H20N2O4/c1-15-19-11-21-23(31-16(2)25(21)17-7-4-3-5-8-17)13-22(19)32-26(30)20(15)12-24(29)28-18-9-6-10-27-14-18/h3-11,13-14H,12H2,1-2H3,(H,28,29). The number of pyridine rings is 1. The van der Waals surface area contributed by atoms with Crippen molar-refractivity contribution in [1.82, 2.24) is 4.98 Å². The number of nitrogens with one attached hydrogen (secondary N) is 1. The zero-order valence-electron chi connectivity index (χ0n) is 17.6. The number of hydrogen-bond acceptors (Lipinski definition) is 5. The third-order valence-corrected chi connectivity index (χ3v) is 5.62. The molecule has 0 aliphatic heterocycles. The van der Waals surface area contributed by atoms with Crippen LogP contribution in [0.3, 0.4) is 0 Å². The van der Waals surface area contributed by atoms with Crippen molar-refractivity contribution in [1.29, 1.82) is 0 Å². The SMILES string of the molecule is Cc1oc2cc3oc(=O)c(CC(=O)Nc4cccnc4)c(C)c3cc2c1-c1ccccc1. The Morgan fingerprint density at radius 1 is 0.969 bits per heavy atom. The van der Waals surface area contributed by atoms with E-state index in [2.05, 4.69) is 10.3 Å².